The van der Waals surface area contributed by atoms with E-state index in [0.29, 0.717) is 5.56 Å². The summed E-state index contributed by atoms with van der Waals surface area (Å²) in [6.07, 6.45) is 0.408. The van der Waals surface area contributed by atoms with Crippen LogP contribution in [-0.2, 0) is 4.74 Å². The summed E-state index contributed by atoms with van der Waals surface area (Å²) in [5.74, 6) is -0.414. The summed E-state index contributed by atoms with van der Waals surface area (Å²) >= 11 is 0. The summed E-state index contributed by atoms with van der Waals surface area (Å²) in [5.41, 5.74) is 5.29. The maximum Gasteiger partial charge on any atom is 0.404 e. The number of nitrogens with two attached hydrogens (primary N) is 1. The monoisotopic (exact) mass is 234 g/mol. The Morgan fingerprint density at radius 2 is 2.29 bits per heavy atom. The fourth-order valence-corrected chi connectivity index (χ4v) is 1.00. The van der Waals surface area contributed by atoms with Crippen LogP contribution in [0.3, 0.4) is 0 Å². The Hall–Kier alpha value is -2.62. The zero-order valence-corrected chi connectivity index (χ0v) is 8.84. The van der Waals surface area contributed by atoms with Crippen LogP contribution in [0, 0.1) is 11.3 Å². The molecule has 1 heterocycles. The van der Waals surface area contributed by atoms with E-state index in [4.69, 9.17) is 11.0 Å². The lowest BCUT2D eigenvalue weighted by Crippen LogP contribution is -2.29. The normalized spacial score (nSPS) is 9.12. The molecule has 1 aromatic heterocycles. The second-order valence-corrected chi connectivity index (χ2v) is 2.97. The molecule has 0 spiro atoms. The van der Waals surface area contributed by atoms with Crippen molar-refractivity contribution in [1.29, 1.82) is 5.26 Å². The van der Waals surface area contributed by atoms with Gasteiger partial charge in [0, 0.05) is 6.20 Å². The van der Waals surface area contributed by atoms with Gasteiger partial charge in [0.15, 0.2) is 0 Å². The maximum atomic E-state index is 11.5. The highest BCUT2D eigenvalue weighted by atomic mass is 16.5. The highest BCUT2D eigenvalue weighted by Crippen LogP contribution is 1.98. The molecule has 0 radical (unpaired) electrons. The molecule has 0 saturated heterocycles. The first-order valence-electron chi connectivity index (χ1n) is 4.70. The van der Waals surface area contributed by atoms with E-state index in [1.54, 1.807) is 0 Å². The van der Waals surface area contributed by atoms with Crippen LogP contribution in [-0.4, -0.2) is 30.1 Å². The Morgan fingerprint density at radius 3 is 2.82 bits per heavy atom. The van der Waals surface area contributed by atoms with Crippen molar-refractivity contribution in [3.05, 3.63) is 29.6 Å². The van der Waals surface area contributed by atoms with Crippen LogP contribution in [0.5, 0.6) is 0 Å². The van der Waals surface area contributed by atoms with Crippen molar-refractivity contribution in [1.82, 2.24) is 10.3 Å². The molecule has 0 aliphatic carbocycles. The first kappa shape index (κ1) is 12.4. The number of primary amides is 1. The summed E-state index contributed by atoms with van der Waals surface area (Å²) in [6, 6.07) is 4.81. The van der Waals surface area contributed by atoms with Crippen LogP contribution in [0.15, 0.2) is 18.3 Å². The lowest BCUT2D eigenvalue weighted by atomic mass is 10.2. The SMILES string of the molecule is N#Cc1ccc(C(=O)NCCOC(N)=O)nc1. The van der Waals surface area contributed by atoms with Crippen molar-refractivity contribution < 1.29 is 14.3 Å². The molecule has 7 heteroatoms. The summed E-state index contributed by atoms with van der Waals surface area (Å²) in [7, 11) is 0. The third-order valence-corrected chi connectivity index (χ3v) is 1.76. The highest BCUT2D eigenvalue weighted by Gasteiger charge is 2.06. The summed E-state index contributed by atoms with van der Waals surface area (Å²) in [5, 5.41) is 11.0. The van der Waals surface area contributed by atoms with Crippen molar-refractivity contribution in [3.8, 4) is 6.07 Å². The van der Waals surface area contributed by atoms with Gasteiger partial charge in [-0.2, -0.15) is 5.26 Å². The van der Waals surface area contributed by atoms with E-state index < -0.39 is 12.0 Å². The van der Waals surface area contributed by atoms with Crippen LogP contribution in [0.1, 0.15) is 16.1 Å². The fourth-order valence-electron chi connectivity index (χ4n) is 1.00. The van der Waals surface area contributed by atoms with Crippen LogP contribution < -0.4 is 11.1 Å². The predicted molar refractivity (Wildman–Crippen MR) is 56.8 cm³/mol. The Balaban J connectivity index is 2.42. The minimum Gasteiger partial charge on any atom is -0.448 e. The van der Waals surface area contributed by atoms with Crippen LogP contribution in [0.4, 0.5) is 4.79 Å². The van der Waals surface area contributed by atoms with Gasteiger partial charge in [-0.05, 0) is 12.1 Å². The number of ether oxygens (including phenoxy) is 1. The lowest BCUT2D eigenvalue weighted by Gasteiger charge is -2.04. The second-order valence-electron chi connectivity index (χ2n) is 2.97. The molecule has 0 unspecified atom stereocenters. The lowest BCUT2D eigenvalue weighted by molar-refractivity contribution is 0.0932. The third kappa shape index (κ3) is 4.17. The van der Waals surface area contributed by atoms with Gasteiger partial charge in [0.05, 0.1) is 12.1 Å². The Bertz CT molecular complexity index is 450. The fraction of sp³-hybridized carbons (Fsp3) is 0.200. The van der Waals surface area contributed by atoms with Gasteiger partial charge in [0.25, 0.3) is 5.91 Å². The van der Waals surface area contributed by atoms with Crippen molar-refractivity contribution in [3.63, 3.8) is 0 Å². The molecule has 17 heavy (non-hydrogen) atoms. The van der Waals surface area contributed by atoms with Gasteiger partial charge in [0.2, 0.25) is 0 Å². The van der Waals surface area contributed by atoms with Gasteiger partial charge in [-0.25, -0.2) is 9.78 Å². The molecule has 88 valence electrons. The Kier molecular flexibility index (Phi) is 4.45. The van der Waals surface area contributed by atoms with Gasteiger partial charge < -0.3 is 15.8 Å². The minimum atomic E-state index is -0.893. The van der Waals surface area contributed by atoms with E-state index in [9.17, 15) is 9.59 Å². The molecular formula is C10H10N4O3. The molecule has 0 atom stereocenters. The van der Waals surface area contributed by atoms with E-state index in [2.05, 4.69) is 15.0 Å². The standard InChI is InChI=1S/C10H10N4O3/c11-5-7-1-2-8(14-6-7)9(15)13-3-4-17-10(12)16/h1-2,6H,3-4H2,(H2,12,16)(H,13,15). The number of nitriles is 1. The molecule has 0 aromatic carbocycles. The van der Waals surface area contributed by atoms with Gasteiger partial charge in [0.1, 0.15) is 18.4 Å². The highest BCUT2D eigenvalue weighted by molar-refractivity contribution is 5.92. The van der Waals surface area contributed by atoms with Crippen molar-refractivity contribution >= 4 is 12.0 Å². The zero-order valence-electron chi connectivity index (χ0n) is 8.84. The Morgan fingerprint density at radius 1 is 1.53 bits per heavy atom. The number of carbonyl (C=O) groups excluding carboxylic acids is 2. The van der Waals surface area contributed by atoms with Gasteiger partial charge in [-0.3, -0.25) is 4.79 Å². The van der Waals surface area contributed by atoms with E-state index in [1.807, 2.05) is 6.07 Å². The summed E-state index contributed by atoms with van der Waals surface area (Å²) < 4.78 is 4.43. The van der Waals surface area contributed by atoms with Gasteiger partial charge >= 0.3 is 6.09 Å². The van der Waals surface area contributed by atoms with E-state index in [1.165, 1.54) is 18.3 Å². The number of amides is 2. The first-order valence-corrected chi connectivity index (χ1v) is 4.70. The number of carbonyl (C=O) groups is 2. The Labute approximate surface area is 97.2 Å². The molecule has 0 saturated carbocycles. The van der Waals surface area contributed by atoms with Gasteiger partial charge in [-0.1, -0.05) is 0 Å². The van der Waals surface area contributed by atoms with Crippen LogP contribution in [0.25, 0.3) is 0 Å². The topological polar surface area (TPSA) is 118 Å². The number of nitrogens with zero attached hydrogens (tertiary/aromatic N) is 2. The van der Waals surface area contributed by atoms with Crippen LogP contribution >= 0.6 is 0 Å². The molecule has 3 N–H and O–H groups in total. The number of hydrogen-bond acceptors (Lipinski definition) is 5. The number of pyridine rings is 1. The van der Waals surface area contributed by atoms with Gasteiger partial charge in [-0.15, -0.1) is 0 Å². The zero-order chi connectivity index (χ0) is 12.7. The number of hydrogen-bond donors (Lipinski definition) is 2. The first-order chi connectivity index (χ1) is 8.13. The number of rotatable bonds is 4. The predicted octanol–water partition coefficient (Wildman–Crippen LogP) is -0.222. The van der Waals surface area contributed by atoms with Crippen molar-refractivity contribution in [2.45, 2.75) is 0 Å². The van der Waals surface area contributed by atoms with E-state index in [-0.39, 0.29) is 18.8 Å². The smallest absolute Gasteiger partial charge is 0.404 e. The number of aromatic nitrogens is 1. The molecule has 0 fully saturated rings. The average Bonchev–Trinajstić information content (AvgIpc) is 2.34. The molecule has 1 rings (SSSR count). The van der Waals surface area contributed by atoms with E-state index >= 15 is 0 Å². The van der Waals surface area contributed by atoms with Crippen LogP contribution in [0.2, 0.25) is 0 Å². The maximum absolute atomic E-state index is 11.5. The molecule has 1 aromatic rings. The number of nitrogens with one attached hydrogen (secondary N) is 1. The summed E-state index contributed by atoms with van der Waals surface area (Å²) in [6.45, 7) is 0.140. The third-order valence-electron chi connectivity index (χ3n) is 1.76. The van der Waals surface area contributed by atoms with E-state index in [0.717, 1.165) is 0 Å². The molecule has 0 aliphatic heterocycles. The molecular weight excluding hydrogens is 224 g/mol. The second kappa shape index (κ2) is 6.07. The molecule has 0 bridgehead atoms. The average molecular weight is 234 g/mol. The van der Waals surface area contributed by atoms with Crippen molar-refractivity contribution in [2.75, 3.05) is 13.2 Å². The summed E-state index contributed by atoms with van der Waals surface area (Å²) in [4.78, 5) is 25.5. The quantitative estimate of drug-likeness (QED) is 0.698. The largest absolute Gasteiger partial charge is 0.448 e. The minimum absolute atomic E-state index is 0.00263. The molecule has 7 nitrogen and oxygen atoms in total. The van der Waals surface area contributed by atoms with Crippen molar-refractivity contribution in [2.24, 2.45) is 5.73 Å². The molecule has 2 amide bonds. The molecule has 0 aliphatic rings.